The van der Waals surface area contributed by atoms with Crippen LogP contribution >= 0.6 is 11.8 Å². The number of ether oxygens (including phenoxy) is 2. The van der Waals surface area contributed by atoms with E-state index in [4.69, 9.17) is 9.47 Å². The largest absolute Gasteiger partial charge is 0.386 e. The molecular weight excluding hydrogens is 957 g/mol. The first-order chi connectivity index (χ1) is 34.5. The fourth-order valence-electron chi connectivity index (χ4n) is 9.76. The molecule has 2 fully saturated rings. The average molecular weight is 1040 g/mol. The molecule has 0 saturated carbocycles. The van der Waals surface area contributed by atoms with Crippen LogP contribution < -0.4 is 10.6 Å². The highest BCUT2D eigenvalue weighted by molar-refractivity contribution is 7.99. The molecule has 10 atom stereocenters. The van der Waals surface area contributed by atoms with E-state index in [1.807, 2.05) is 59.7 Å². The highest BCUT2D eigenvalue weighted by atomic mass is 32.2. The van der Waals surface area contributed by atoms with Crippen molar-refractivity contribution < 1.29 is 52.9 Å². The van der Waals surface area contributed by atoms with Gasteiger partial charge in [0.1, 0.15) is 12.1 Å². The van der Waals surface area contributed by atoms with Crippen LogP contribution in [0.1, 0.15) is 99.2 Å². The first-order valence-electron chi connectivity index (χ1n) is 25.4. The number of carbonyl (C=O) groups excluding carboxylic acids is 8. The Labute approximate surface area is 437 Å². The third kappa shape index (κ3) is 16.6. The summed E-state index contributed by atoms with van der Waals surface area (Å²) in [5, 5.41) is 16.8. The zero-order valence-corrected chi connectivity index (χ0v) is 46.1. The van der Waals surface area contributed by atoms with Crippen LogP contribution in [-0.4, -0.2) is 191 Å². The van der Waals surface area contributed by atoms with Gasteiger partial charge in [-0.25, -0.2) is 0 Å². The van der Waals surface area contributed by atoms with Crippen LogP contribution in [0.3, 0.4) is 0 Å². The van der Waals surface area contributed by atoms with Crippen LogP contribution in [0, 0.1) is 23.7 Å². The van der Waals surface area contributed by atoms with E-state index in [1.165, 1.54) is 52.6 Å². The maximum atomic E-state index is 14.7. The number of nitrogens with zero attached hydrogens (tertiary/aromatic N) is 6. The summed E-state index contributed by atoms with van der Waals surface area (Å²) >= 11 is 1.21. The molecule has 1 aromatic rings. The van der Waals surface area contributed by atoms with Gasteiger partial charge in [0.25, 0.3) is 0 Å². The maximum Gasteiger partial charge on any atom is 0.248 e. The molecule has 1 unspecified atom stereocenters. The molecule has 0 aliphatic carbocycles. The number of amides is 8. The van der Waals surface area contributed by atoms with Gasteiger partial charge in [-0.15, -0.1) is 0 Å². The van der Waals surface area contributed by atoms with Gasteiger partial charge in [-0.05, 0) is 55.2 Å². The Bertz CT molecular complexity index is 2030. The third-order valence-electron chi connectivity index (χ3n) is 14.2. The number of hydrogen-bond donors (Lipinski definition) is 3. The molecule has 3 rings (SSSR count). The number of benzene rings is 1. The first-order valence-corrected chi connectivity index (χ1v) is 26.5. The zero-order valence-electron chi connectivity index (χ0n) is 45.3. The molecule has 0 bridgehead atoms. The fraction of sp³-hybridized carbons (Fsp3) is 0.660. The van der Waals surface area contributed by atoms with Crippen molar-refractivity contribution in [2.24, 2.45) is 23.7 Å². The summed E-state index contributed by atoms with van der Waals surface area (Å²) in [6.45, 7) is 22.1. The first kappa shape index (κ1) is 62.0. The number of thioether (sulfide) groups is 1. The predicted octanol–water partition coefficient (Wildman–Crippen LogP) is 3.64. The van der Waals surface area contributed by atoms with Crippen LogP contribution in [0.5, 0.6) is 0 Å². The second-order valence-electron chi connectivity index (χ2n) is 20.0. The van der Waals surface area contributed by atoms with E-state index in [0.29, 0.717) is 31.4 Å². The maximum absolute atomic E-state index is 14.7. The quantitative estimate of drug-likeness (QED) is 0.0851. The molecule has 8 amide bonds. The van der Waals surface area contributed by atoms with Crippen molar-refractivity contribution in [3.8, 4) is 0 Å². The minimum absolute atomic E-state index is 0.0105. The van der Waals surface area contributed by atoms with Gasteiger partial charge in [0.15, 0.2) is 0 Å². The molecule has 2 heterocycles. The molecule has 408 valence electrons. The van der Waals surface area contributed by atoms with Gasteiger partial charge < -0.3 is 54.6 Å². The SMILES string of the molecule is C=CC(=O)N1CN(C(=O)C=C)CN(C(=O)CCSCC(=O)N(C)[C@H](C(=O)N[C@H](C(=O)N(C)[C@@H](C(C)CC)[C@@H](CC(=O)N2CCC[C@H]2[C@H](OC)[C@@H](C)C(=O)N[C@H](C)[C@@H](O)c2ccccc2)OC)C(C)C)C(C)C)C1. The monoisotopic (exact) mass is 1040 g/mol. The summed E-state index contributed by atoms with van der Waals surface area (Å²) in [7, 11) is 6.23. The average Bonchev–Trinajstić information content (AvgIpc) is 3.87. The van der Waals surface area contributed by atoms with Crippen LogP contribution in [-0.2, 0) is 47.8 Å². The lowest BCUT2D eigenvalue weighted by atomic mass is 9.89. The summed E-state index contributed by atoms with van der Waals surface area (Å²) in [4.78, 5) is 117. The van der Waals surface area contributed by atoms with Gasteiger partial charge in [-0.3, -0.25) is 38.4 Å². The van der Waals surface area contributed by atoms with E-state index in [9.17, 15) is 43.5 Å². The smallest absolute Gasteiger partial charge is 0.248 e. The zero-order chi connectivity index (χ0) is 54.9. The van der Waals surface area contributed by atoms with Gasteiger partial charge in [0.2, 0.25) is 47.3 Å². The molecule has 19 nitrogen and oxygen atoms in total. The molecule has 0 spiro atoms. The molecule has 73 heavy (non-hydrogen) atoms. The number of hydrogen-bond acceptors (Lipinski definition) is 12. The van der Waals surface area contributed by atoms with Crippen molar-refractivity contribution in [3.63, 3.8) is 0 Å². The number of carbonyl (C=O) groups is 8. The van der Waals surface area contributed by atoms with Crippen LogP contribution in [0.15, 0.2) is 55.6 Å². The lowest BCUT2D eigenvalue weighted by Gasteiger charge is -2.41. The fourth-order valence-corrected chi connectivity index (χ4v) is 10.6. The number of aliphatic hydroxyl groups excluding tert-OH is 1. The summed E-state index contributed by atoms with van der Waals surface area (Å²) in [6, 6.07) is 5.56. The highest BCUT2D eigenvalue weighted by Gasteiger charge is 2.44. The van der Waals surface area contributed by atoms with Crippen molar-refractivity contribution in [1.82, 2.24) is 40.0 Å². The van der Waals surface area contributed by atoms with Crippen molar-refractivity contribution in [3.05, 3.63) is 61.2 Å². The number of nitrogens with one attached hydrogen (secondary N) is 2. The Morgan fingerprint density at radius 3 is 1.92 bits per heavy atom. The number of likely N-dealkylation sites (tertiary alicyclic amines) is 1. The molecule has 0 aromatic heterocycles. The highest BCUT2D eigenvalue weighted by Crippen LogP contribution is 2.30. The second-order valence-corrected chi connectivity index (χ2v) is 21.1. The number of aliphatic hydroxyl groups is 1. The second kappa shape index (κ2) is 29.5. The van der Waals surface area contributed by atoms with E-state index in [2.05, 4.69) is 23.8 Å². The topological polar surface area (TPSA) is 219 Å². The molecule has 1 aromatic carbocycles. The van der Waals surface area contributed by atoms with Gasteiger partial charge >= 0.3 is 0 Å². The van der Waals surface area contributed by atoms with Gasteiger partial charge in [-0.1, -0.05) is 98.4 Å². The number of methoxy groups -OCH3 is 2. The van der Waals surface area contributed by atoms with Crippen LogP contribution in [0.2, 0.25) is 0 Å². The molecule has 2 saturated heterocycles. The lowest BCUT2D eigenvalue weighted by Crippen LogP contribution is -2.60. The van der Waals surface area contributed by atoms with E-state index < -0.39 is 72.2 Å². The van der Waals surface area contributed by atoms with Crippen molar-refractivity contribution in [2.75, 3.05) is 66.4 Å². The standard InChI is InChI=1S/C53H84N8O11S/c1-15-35(8)48(40(71-13)28-44(65)61-26-21-24-39(61)50(72-14)36(9)51(68)54-37(10)49(67)38-22-19-18-20-23-38)57(12)53(70)46(33(4)5)55-52(69)47(34(6)7)56(11)45(66)29-73-27-25-43(64)60-31-58(41(62)16-2)30-59(32-60)42(63)17-3/h16-20,22-23,33-37,39-40,46-50,67H,2-3,15,21,24-32H2,1,4-14H3,(H,54,68)(H,55,69)/t35?,36-,37-,39+,40-,46+,47+,48+,49-,50-/m1/s1. The van der Waals surface area contributed by atoms with Crippen molar-refractivity contribution in [1.29, 1.82) is 0 Å². The Morgan fingerprint density at radius 2 is 1.40 bits per heavy atom. The Morgan fingerprint density at radius 1 is 0.808 bits per heavy atom. The molecule has 20 heteroatoms. The van der Waals surface area contributed by atoms with Gasteiger partial charge in [0, 0.05) is 47.0 Å². The predicted molar refractivity (Wildman–Crippen MR) is 281 cm³/mol. The molecule has 2 aliphatic rings. The normalized spacial score (nSPS) is 18.6. The van der Waals surface area contributed by atoms with Crippen molar-refractivity contribution >= 4 is 59.0 Å². The molecule has 3 N–H and O–H groups in total. The Balaban J connectivity index is 1.69. The number of likely N-dealkylation sites (N-methyl/N-ethyl adjacent to an activating group) is 2. The minimum atomic E-state index is -0.998. The van der Waals surface area contributed by atoms with E-state index in [-0.39, 0.29) is 91.6 Å². The minimum Gasteiger partial charge on any atom is -0.386 e. The summed E-state index contributed by atoms with van der Waals surface area (Å²) in [5.41, 5.74) is 0.679. The Hall–Kier alpha value is -5.31. The summed E-state index contributed by atoms with van der Waals surface area (Å²) in [5.74, 6) is -4.26. The summed E-state index contributed by atoms with van der Waals surface area (Å²) < 4.78 is 12.0. The van der Waals surface area contributed by atoms with Gasteiger partial charge in [0.05, 0.1) is 74.5 Å². The lowest BCUT2D eigenvalue weighted by molar-refractivity contribution is -0.154. The van der Waals surface area contributed by atoms with E-state index >= 15 is 0 Å². The molecule has 0 radical (unpaired) electrons. The molecule has 2 aliphatic heterocycles. The van der Waals surface area contributed by atoms with Crippen LogP contribution in [0.25, 0.3) is 0 Å². The summed E-state index contributed by atoms with van der Waals surface area (Å²) in [6.07, 6.45) is 1.85. The third-order valence-corrected chi connectivity index (χ3v) is 15.2. The van der Waals surface area contributed by atoms with Crippen molar-refractivity contribution in [2.45, 2.75) is 136 Å². The molecular formula is C53H84N8O11S. The van der Waals surface area contributed by atoms with Gasteiger partial charge in [-0.2, -0.15) is 11.8 Å². The van der Waals surface area contributed by atoms with E-state index in [1.54, 1.807) is 42.8 Å². The number of rotatable bonds is 27. The Kier molecular flexibility index (Phi) is 25.1. The van der Waals surface area contributed by atoms with E-state index in [0.717, 1.165) is 12.2 Å². The van der Waals surface area contributed by atoms with Crippen LogP contribution in [0.4, 0.5) is 0 Å².